The van der Waals surface area contributed by atoms with Crippen LogP contribution in [0.1, 0.15) is 49.9 Å². The molecular weight excluding hydrogens is 358 g/mol. The molecule has 0 radical (unpaired) electrons. The molecule has 0 saturated heterocycles. The highest BCUT2D eigenvalue weighted by Gasteiger charge is 2.26. The lowest BCUT2D eigenvalue weighted by Crippen LogP contribution is -2.29. The Labute approximate surface area is 151 Å². The number of furan rings is 1. The van der Waals surface area contributed by atoms with Gasteiger partial charge in [-0.05, 0) is 46.8 Å². The van der Waals surface area contributed by atoms with Crippen molar-refractivity contribution in [2.75, 3.05) is 0 Å². The van der Waals surface area contributed by atoms with Crippen molar-refractivity contribution >= 4 is 10.0 Å². The van der Waals surface area contributed by atoms with Crippen LogP contribution in [-0.4, -0.2) is 28.3 Å². The molecular formula is C16H21N5O4S. The Morgan fingerprint density at radius 2 is 1.92 bits per heavy atom. The fraction of sp³-hybridized carbons (Fsp3) is 0.438. The van der Waals surface area contributed by atoms with Crippen molar-refractivity contribution < 1.29 is 17.4 Å². The van der Waals surface area contributed by atoms with E-state index >= 15 is 0 Å². The van der Waals surface area contributed by atoms with Gasteiger partial charge in [0.2, 0.25) is 10.9 Å². The summed E-state index contributed by atoms with van der Waals surface area (Å²) in [7, 11) is -3.88. The van der Waals surface area contributed by atoms with Gasteiger partial charge in [-0.2, -0.15) is 4.72 Å². The van der Waals surface area contributed by atoms with E-state index < -0.39 is 16.1 Å². The van der Waals surface area contributed by atoms with E-state index in [1.807, 2.05) is 20.8 Å². The molecule has 3 aromatic heterocycles. The predicted molar refractivity (Wildman–Crippen MR) is 92.8 cm³/mol. The maximum atomic E-state index is 12.6. The summed E-state index contributed by atoms with van der Waals surface area (Å²) < 4.78 is 40.4. The average molecular weight is 379 g/mol. The van der Waals surface area contributed by atoms with E-state index in [0.717, 1.165) is 11.3 Å². The van der Waals surface area contributed by atoms with Crippen LogP contribution < -0.4 is 4.72 Å². The second kappa shape index (κ2) is 6.69. The molecule has 9 nitrogen and oxygen atoms in total. The third kappa shape index (κ3) is 3.29. The molecule has 0 aliphatic rings. The van der Waals surface area contributed by atoms with Gasteiger partial charge >= 0.3 is 0 Å². The number of hydrogen-bond donors (Lipinski definition) is 1. The molecule has 3 rings (SSSR count). The lowest BCUT2D eigenvalue weighted by atomic mass is 10.2. The predicted octanol–water partition coefficient (Wildman–Crippen LogP) is 2.76. The lowest BCUT2D eigenvalue weighted by Gasteiger charge is -2.16. The van der Waals surface area contributed by atoms with Crippen molar-refractivity contribution in [2.24, 2.45) is 0 Å². The third-order valence-corrected chi connectivity index (χ3v) is 5.52. The molecule has 0 aliphatic heterocycles. The molecule has 140 valence electrons. The van der Waals surface area contributed by atoms with E-state index in [1.165, 1.54) is 6.07 Å². The molecule has 0 aliphatic carbocycles. The summed E-state index contributed by atoms with van der Waals surface area (Å²) in [6.07, 6.45) is 1.57. The van der Waals surface area contributed by atoms with E-state index in [1.54, 1.807) is 30.8 Å². The van der Waals surface area contributed by atoms with Crippen molar-refractivity contribution in [3.8, 4) is 11.5 Å². The first-order chi connectivity index (χ1) is 12.2. The highest BCUT2D eigenvalue weighted by molar-refractivity contribution is 7.89. The smallest absolute Gasteiger partial charge is 0.274 e. The van der Waals surface area contributed by atoms with Crippen LogP contribution in [0.25, 0.3) is 11.5 Å². The van der Waals surface area contributed by atoms with E-state index in [2.05, 4.69) is 20.1 Å². The maximum Gasteiger partial charge on any atom is 0.274 e. The van der Waals surface area contributed by atoms with Crippen LogP contribution in [0, 0.1) is 13.8 Å². The Morgan fingerprint density at radius 3 is 2.54 bits per heavy atom. The largest absolute Gasteiger partial charge is 0.440 e. The van der Waals surface area contributed by atoms with Crippen LogP contribution in [-0.2, 0) is 10.0 Å². The van der Waals surface area contributed by atoms with Gasteiger partial charge in [0.1, 0.15) is 6.33 Å². The second-order valence-corrected chi connectivity index (χ2v) is 8.02. The van der Waals surface area contributed by atoms with E-state index in [0.29, 0.717) is 17.3 Å². The van der Waals surface area contributed by atoms with Crippen LogP contribution in [0.4, 0.5) is 0 Å². The number of sulfonamides is 1. The molecule has 1 unspecified atom stereocenters. The van der Waals surface area contributed by atoms with Crippen LogP contribution in [0.3, 0.4) is 0 Å². The molecule has 1 N–H and O–H groups in total. The summed E-state index contributed by atoms with van der Waals surface area (Å²) in [6.45, 7) is 9.27. The third-order valence-electron chi connectivity index (χ3n) is 4.10. The average Bonchev–Trinajstić information content (AvgIpc) is 3.28. The molecule has 0 fully saturated rings. The van der Waals surface area contributed by atoms with Gasteiger partial charge in [0.15, 0.2) is 11.6 Å². The van der Waals surface area contributed by atoms with E-state index in [9.17, 15) is 8.42 Å². The molecule has 26 heavy (non-hydrogen) atoms. The Morgan fingerprint density at radius 1 is 1.19 bits per heavy atom. The number of hydrogen-bond acceptors (Lipinski definition) is 7. The summed E-state index contributed by atoms with van der Waals surface area (Å²) in [5, 5.41) is 11.5. The highest BCUT2D eigenvalue weighted by atomic mass is 32.2. The molecule has 10 heteroatoms. The Hall–Kier alpha value is -2.46. The molecule has 1 atom stereocenters. The number of aryl methyl sites for hydroxylation is 1. The zero-order chi connectivity index (χ0) is 19.1. The standard InChI is InChI=1S/C16H21N5O4S/c1-9(2)21-8-17-18-16(21)12(5)20-26(22,23)14-7-6-13(24-14)15-10(3)11(4)19-25-15/h6-9,12,20H,1-5H3. The minimum absolute atomic E-state index is 0.111. The van der Waals surface area contributed by atoms with Crippen molar-refractivity contribution in [1.29, 1.82) is 0 Å². The molecule has 0 bridgehead atoms. The summed E-state index contributed by atoms with van der Waals surface area (Å²) in [4.78, 5) is 0. The fourth-order valence-corrected chi connectivity index (χ4v) is 3.67. The van der Waals surface area contributed by atoms with Gasteiger partial charge in [-0.1, -0.05) is 5.16 Å². The van der Waals surface area contributed by atoms with Gasteiger partial charge in [0.25, 0.3) is 10.0 Å². The first-order valence-corrected chi connectivity index (χ1v) is 9.64. The quantitative estimate of drug-likeness (QED) is 0.700. The minimum atomic E-state index is -3.88. The number of rotatable bonds is 6. The maximum absolute atomic E-state index is 12.6. The first-order valence-electron chi connectivity index (χ1n) is 8.15. The highest BCUT2D eigenvalue weighted by Crippen LogP contribution is 2.29. The van der Waals surface area contributed by atoms with Gasteiger partial charge in [-0.25, -0.2) is 8.42 Å². The van der Waals surface area contributed by atoms with Crippen molar-refractivity contribution in [1.82, 2.24) is 24.6 Å². The summed E-state index contributed by atoms with van der Waals surface area (Å²) in [5.74, 6) is 1.25. The molecule has 0 spiro atoms. The van der Waals surface area contributed by atoms with Crippen molar-refractivity contribution in [3.05, 3.63) is 35.5 Å². The van der Waals surface area contributed by atoms with Gasteiger partial charge < -0.3 is 13.5 Å². The Balaban J connectivity index is 1.85. The number of aromatic nitrogens is 4. The summed E-state index contributed by atoms with van der Waals surface area (Å²) >= 11 is 0. The van der Waals surface area contributed by atoms with Crippen LogP contribution in [0.2, 0.25) is 0 Å². The van der Waals surface area contributed by atoms with E-state index in [4.69, 9.17) is 8.94 Å². The first kappa shape index (κ1) is 18.3. The van der Waals surface area contributed by atoms with Gasteiger partial charge in [0, 0.05) is 11.6 Å². The zero-order valence-corrected chi connectivity index (χ0v) is 16.0. The zero-order valence-electron chi connectivity index (χ0n) is 15.2. The van der Waals surface area contributed by atoms with Gasteiger partial charge in [-0.3, -0.25) is 0 Å². The molecule has 3 heterocycles. The Kier molecular flexibility index (Phi) is 4.72. The van der Waals surface area contributed by atoms with Crippen LogP contribution in [0.5, 0.6) is 0 Å². The monoisotopic (exact) mass is 379 g/mol. The van der Waals surface area contributed by atoms with Crippen molar-refractivity contribution in [2.45, 2.75) is 51.8 Å². The van der Waals surface area contributed by atoms with Crippen LogP contribution in [0.15, 0.2) is 32.5 Å². The fourth-order valence-electron chi connectivity index (χ4n) is 2.53. The number of nitrogens with zero attached hydrogens (tertiary/aromatic N) is 4. The molecule has 0 saturated carbocycles. The second-order valence-electron chi connectivity index (χ2n) is 6.37. The molecule has 3 aromatic rings. The summed E-state index contributed by atoms with van der Waals surface area (Å²) in [5.41, 5.74) is 1.52. The van der Waals surface area contributed by atoms with Crippen LogP contribution >= 0.6 is 0 Å². The minimum Gasteiger partial charge on any atom is -0.440 e. The molecule has 0 aromatic carbocycles. The Bertz CT molecular complexity index is 1020. The normalized spacial score (nSPS) is 13.5. The van der Waals surface area contributed by atoms with Gasteiger partial charge in [-0.15, -0.1) is 10.2 Å². The van der Waals surface area contributed by atoms with E-state index in [-0.39, 0.29) is 11.1 Å². The topological polar surface area (TPSA) is 116 Å². The van der Waals surface area contributed by atoms with Gasteiger partial charge in [0.05, 0.1) is 11.7 Å². The molecule has 0 amide bonds. The summed E-state index contributed by atoms with van der Waals surface area (Å²) in [6, 6.07) is 2.46. The lowest BCUT2D eigenvalue weighted by molar-refractivity contribution is 0.396. The number of nitrogens with one attached hydrogen (secondary N) is 1. The van der Waals surface area contributed by atoms with Crippen molar-refractivity contribution in [3.63, 3.8) is 0 Å². The SMILES string of the molecule is Cc1noc(-c2ccc(S(=O)(=O)NC(C)c3nncn3C(C)C)o2)c1C.